The highest BCUT2D eigenvalue weighted by molar-refractivity contribution is 6.80. The highest BCUT2D eigenvalue weighted by atomic mass is 28.3. The van der Waals surface area contributed by atoms with Crippen LogP contribution >= 0.6 is 0 Å². The third-order valence-corrected chi connectivity index (χ3v) is 7.53. The highest BCUT2D eigenvalue weighted by Crippen LogP contribution is 2.34. The predicted octanol–water partition coefficient (Wildman–Crippen LogP) is 5.70. The molecule has 1 saturated heterocycles. The Morgan fingerprint density at radius 3 is 2.19 bits per heavy atom. The molecule has 5 heteroatoms. The Balaban J connectivity index is 2.25. The second-order valence-electron chi connectivity index (χ2n) is 9.76. The van der Waals surface area contributed by atoms with Gasteiger partial charge in [0.1, 0.15) is 11.4 Å². The average molecular weight is 390 g/mol. The zero-order valence-electron chi connectivity index (χ0n) is 18.0. The number of piperidine rings is 1. The summed E-state index contributed by atoms with van der Waals surface area (Å²) >= 11 is 0. The molecule has 0 radical (unpaired) electrons. The van der Waals surface area contributed by atoms with Gasteiger partial charge in [0, 0.05) is 12.1 Å². The third kappa shape index (κ3) is 5.68. The van der Waals surface area contributed by atoms with Gasteiger partial charge in [-0.15, -0.1) is 0 Å². The summed E-state index contributed by atoms with van der Waals surface area (Å²) in [6.45, 7) is 14.8. The van der Waals surface area contributed by atoms with E-state index in [4.69, 9.17) is 4.74 Å². The number of likely N-dealkylation sites (tertiary alicyclic amines) is 1. The molecule has 2 rings (SSSR count). The van der Waals surface area contributed by atoms with Gasteiger partial charge < -0.3 is 9.64 Å². The highest BCUT2D eigenvalue weighted by Gasteiger charge is 2.34. The molecule has 4 nitrogen and oxygen atoms in total. The van der Waals surface area contributed by atoms with Crippen LogP contribution in [0, 0.1) is 0 Å². The van der Waals surface area contributed by atoms with Gasteiger partial charge in [0.25, 0.3) is 0 Å². The Morgan fingerprint density at radius 2 is 1.70 bits per heavy atom. The average Bonchev–Trinajstić information content (AvgIpc) is 2.52. The van der Waals surface area contributed by atoms with E-state index < -0.39 is 13.7 Å². The monoisotopic (exact) mass is 389 g/mol. The molecule has 2 atom stereocenters. The maximum atomic E-state index is 12.7. The Labute approximate surface area is 165 Å². The van der Waals surface area contributed by atoms with Crippen molar-refractivity contribution in [2.45, 2.75) is 83.8 Å². The second-order valence-corrected chi connectivity index (χ2v) is 15.1. The summed E-state index contributed by atoms with van der Waals surface area (Å²) in [4.78, 5) is 26.7. The molecular formula is C22H35NO3Si. The largest absolute Gasteiger partial charge is 0.444 e. The van der Waals surface area contributed by atoms with E-state index >= 15 is 0 Å². The molecule has 1 aliphatic heterocycles. The summed E-state index contributed by atoms with van der Waals surface area (Å²) in [5.74, 6) is 0.245. The number of ketones is 1. The molecule has 1 aromatic carbocycles. The molecule has 0 spiro atoms. The lowest BCUT2D eigenvalue weighted by atomic mass is 9.94. The maximum absolute atomic E-state index is 12.7. The van der Waals surface area contributed by atoms with Gasteiger partial charge in [-0.2, -0.15) is 0 Å². The van der Waals surface area contributed by atoms with Crippen LogP contribution in [-0.2, 0) is 9.53 Å². The first-order valence-corrected chi connectivity index (χ1v) is 13.6. The van der Waals surface area contributed by atoms with E-state index in [9.17, 15) is 9.59 Å². The van der Waals surface area contributed by atoms with Crippen molar-refractivity contribution in [3.8, 4) is 0 Å². The molecule has 0 N–H and O–H groups in total. The van der Waals surface area contributed by atoms with Crippen molar-refractivity contribution in [3.63, 3.8) is 0 Å². The van der Waals surface area contributed by atoms with E-state index in [1.807, 2.05) is 25.7 Å². The fourth-order valence-electron chi connectivity index (χ4n) is 4.07. The summed E-state index contributed by atoms with van der Waals surface area (Å²) in [6, 6.07) is 8.41. The lowest BCUT2D eigenvalue weighted by Crippen LogP contribution is -2.41. The number of hydrogen-bond donors (Lipinski definition) is 0. The first kappa shape index (κ1) is 21.7. The third-order valence-electron chi connectivity index (χ3n) is 5.06. The number of Topliss-reactive ketones (excluding diaryl/α,β-unsaturated/α-hetero) is 1. The molecule has 1 heterocycles. The number of nitrogens with zero attached hydrogens (tertiary/aromatic N) is 1. The molecule has 1 fully saturated rings. The maximum Gasteiger partial charge on any atom is 0.410 e. The molecule has 2 unspecified atom stereocenters. The molecule has 0 saturated carbocycles. The SMILES string of the molecule is CC(=O)C(c1ccc(C2CCCCN2C(=O)OC(C)(C)C)cc1)[Si](C)(C)C. The van der Waals surface area contributed by atoms with E-state index in [0.717, 1.165) is 36.9 Å². The van der Waals surface area contributed by atoms with Gasteiger partial charge in [0.15, 0.2) is 0 Å². The lowest BCUT2D eigenvalue weighted by molar-refractivity contribution is -0.116. The standard InChI is InChI=1S/C22H35NO3Si/c1-16(24)20(27(5,6)7)18-13-11-17(12-14-18)19-10-8-9-15-23(19)21(25)26-22(2,3)4/h11-14,19-20H,8-10,15H2,1-7H3. The fraction of sp³-hybridized carbons (Fsp3) is 0.636. The minimum Gasteiger partial charge on any atom is -0.444 e. The van der Waals surface area contributed by atoms with Crippen LogP contribution in [0.25, 0.3) is 0 Å². The molecule has 1 amide bonds. The first-order valence-electron chi connectivity index (χ1n) is 10.00. The Bertz CT molecular complexity index is 670. The lowest BCUT2D eigenvalue weighted by Gasteiger charge is -2.37. The summed E-state index contributed by atoms with van der Waals surface area (Å²) in [6.07, 6.45) is 2.83. The van der Waals surface area contributed by atoms with Crippen LogP contribution in [0.3, 0.4) is 0 Å². The minimum absolute atomic E-state index is 0.0138. The van der Waals surface area contributed by atoms with Crippen molar-refractivity contribution < 1.29 is 14.3 Å². The van der Waals surface area contributed by atoms with E-state index in [-0.39, 0.29) is 23.5 Å². The summed E-state index contributed by atoms with van der Waals surface area (Å²) in [5.41, 5.74) is 1.75. The van der Waals surface area contributed by atoms with Crippen molar-refractivity contribution in [2.75, 3.05) is 6.54 Å². The van der Waals surface area contributed by atoms with Crippen LogP contribution in [0.2, 0.25) is 19.6 Å². The molecule has 1 aromatic rings. The number of benzene rings is 1. The van der Waals surface area contributed by atoms with Crippen LogP contribution in [0.4, 0.5) is 4.79 Å². The zero-order valence-corrected chi connectivity index (χ0v) is 19.0. The molecule has 0 aromatic heterocycles. The number of ether oxygens (including phenoxy) is 1. The van der Waals surface area contributed by atoms with Gasteiger partial charge >= 0.3 is 6.09 Å². The molecule has 0 bridgehead atoms. The second kappa shape index (κ2) is 8.17. The number of amides is 1. The Hall–Kier alpha value is -1.62. The molecular weight excluding hydrogens is 354 g/mol. The molecule has 0 aliphatic carbocycles. The topological polar surface area (TPSA) is 46.6 Å². The van der Waals surface area contributed by atoms with Gasteiger partial charge in [0.2, 0.25) is 0 Å². The van der Waals surface area contributed by atoms with E-state index in [2.05, 4.69) is 43.9 Å². The predicted molar refractivity (Wildman–Crippen MR) is 113 cm³/mol. The normalized spacial score (nSPS) is 19.5. The summed E-state index contributed by atoms with van der Waals surface area (Å²) in [5, 5.41) is 0. The molecule has 27 heavy (non-hydrogen) atoms. The van der Waals surface area contributed by atoms with Crippen LogP contribution in [0.15, 0.2) is 24.3 Å². The van der Waals surface area contributed by atoms with Crippen molar-refractivity contribution in [1.82, 2.24) is 4.90 Å². The fourth-order valence-corrected chi connectivity index (χ4v) is 6.48. The minimum atomic E-state index is -1.64. The number of carbonyl (C=O) groups is 2. The van der Waals surface area contributed by atoms with E-state index in [0.29, 0.717) is 0 Å². The zero-order chi connectivity index (χ0) is 20.4. The smallest absolute Gasteiger partial charge is 0.410 e. The van der Waals surface area contributed by atoms with Crippen LogP contribution in [-0.4, -0.2) is 37.0 Å². The quantitative estimate of drug-likeness (QED) is 0.621. The van der Waals surface area contributed by atoms with Gasteiger partial charge in [0.05, 0.1) is 14.1 Å². The van der Waals surface area contributed by atoms with Gasteiger partial charge in [-0.25, -0.2) is 4.79 Å². The van der Waals surface area contributed by atoms with Crippen molar-refractivity contribution in [1.29, 1.82) is 0 Å². The van der Waals surface area contributed by atoms with Crippen molar-refractivity contribution in [2.24, 2.45) is 0 Å². The summed E-state index contributed by atoms with van der Waals surface area (Å²) < 4.78 is 5.61. The van der Waals surface area contributed by atoms with Crippen molar-refractivity contribution in [3.05, 3.63) is 35.4 Å². The molecule has 1 aliphatic rings. The van der Waals surface area contributed by atoms with Crippen LogP contribution in [0.5, 0.6) is 0 Å². The van der Waals surface area contributed by atoms with Crippen LogP contribution < -0.4 is 0 Å². The number of carbonyl (C=O) groups excluding carboxylic acids is 2. The number of hydrogen-bond acceptors (Lipinski definition) is 3. The van der Waals surface area contributed by atoms with Crippen molar-refractivity contribution >= 4 is 20.0 Å². The van der Waals surface area contributed by atoms with E-state index in [1.165, 1.54) is 0 Å². The first-order chi connectivity index (χ1) is 12.4. The van der Waals surface area contributed by atoms with Gasteiger partial charge in [-0.1, -0.05) is 43.9 Å². The Kier molecular flexibility index (Phi) is 6.56. The molecule has 150 valence electrons. The van der Waals surface area contributed by atoms with Gasteiger partial charge in [-0.05, 0) is 58.1 Å². The van der Waals surface area contributed by atoms with Gasteiger partial charge in [-0.3, -0.25) is 4.79 Å². The Morgan fingerprint density at radius 1 is 1.11 bits per heavy atom. The number of rotatable bonds is 4. The van der Waals surface area contributed by atoms with E-state index in [1.54, 1.807) is 6.92 Å². The summed E-state index contributed by atoms with van der Waals surface area (Å²) in [7, 11) is -1.64. The van der Waals surface area contributed by atoms with Crippen LogP contribution in [0.1, 0.15) is 69.7 Å².